The third-order valence-electron chi connectivity index (χ3n) is 0. The number of hydrogen-bond donors (Lipinski definition) is 2. The van der Waals surface area contributed by atoms with Gasteiger partial charge in [0.05, 0.1) is 0 Å². The van der Waals surface area contributed by atoms with Crippen LogP contribution in [0.3, 0.4) is 0 Å². The Labute approximate surface area is 85.4 Å². The summed E-state index contributed by atoms with van der Waals surface area (Å²) in [6, 6.07) is 0. The van der Waals surface area contributed by atoms with Gasteiger partial charge in [-0.3, -0.25) is 0 Å². The molecule has 0 unspecified atom stereocenters. The predicted octanol–water partition coefficient (Wildman–Crippen LogP) is -11.7. The predicted molar refractivity (Wildman–Crippen MR) is 10.2 cm³/mol. The summed E-state index contributed by atoms with van der Waals surface area (Å²) >= 11 is 0. The molecule has 0 spiro atoms. The third kappa shape index (κ3) is 120. The Morgan fingerprint density at radius 3 is 1.00 bits per heavy atom. The van der Waals surface area contributed by atoms with Gasteiger partial charge >= 0.3 is 33.5 Å². The number of rotatable bonds is 0. The van der Waals surface area contributed by atoms with E-state index < -0.39 is 7.32 Å². The monoisotopic (exact) mass is 256 g/mol. The number of halogens is 3. The zero-order valence-electron chi connectivity index (χ0n) is 3.51. The van der Waals surface area contributed by atoms with Crippen LogP contribution in [0.5, 0.6) is 0 Å². The van der Waals surface area contributed by atoms with E-state index in [0.717, 1.165) is 0 Å². The van der Waals surface area contributed by atoms with Gasteiger partial charge in [-0.05, 0) is 0 Å². The van der Waals surface area contributed by atoms with Crippen LogP contribution in [-0.2, 0) is 26.2 Å². The summed E-state index contributed by atoms with van der Waals surface area (Å²) in [7, 11) is -2.42. The van der Waals surface area contributed by atoms with Gasteiger partial charge in [-0.2, -0.15) is 0 Å². The van der Waals surface area contributed by atoms with E-state index in [9.17, 15) is 0 Å². The van der Waals surface area contributed by atoms with E-state index in [4.69, 9.17) is 15.1 Å². The molecule has 0 amide bonds. The molecular formula is H2BCl3O3Zr. The van der Waals surface area contributed by atoms with E-state index >= 15 is 0 Å². The molecule has 0 saturated carbocycles. The fourth-order valence-corrected chi connectivity index (χ4v) is 0. The summed E-state index contributed by atoms with van der Waals surface area (Å²) in [5, 5.41) is 22.8. The first kappa shape index (κ1) is 33.2. The van der Waals surface area contributed by atoms with Crippen LogP contribution < -0.4 is 42.2 Å². The van der Waals surface area contributed by atoms with Crippen molar-refractivity contribution in [1.29, 1.82) is 0 Å². The molecule has 0 aliphatic heterocycles. The van der Waals surface area contributed by atoms with Crippen molar-refractivity contribution in [2.75, 3.05) is 0 Å². The second kappa shape index (κ2) is 23.4. The van der Waals surface area contributed by atoms with Crippen molar-refractivity contribution >= 4 is 7.32 Å². The van der Waals surface area contributed by atoms with Crippen molar-refractivity contribution in [2.24, 2.45) is 0 Å². The topological polar surface area (TPSA) is 63.5 Å². The van der Waals surface area contributed by atoms with Gasteiger partial charge in [0.15, 0.2) is 0 Å². The minimum absolute atomic E-state index is 0. The van der Waals surface area contributed by atoms with Crippen LogP contribution in [0.4, 0.5) is 0 Å². The molecule has 3 nitrogen and oxygen atoms in total. The summed E-state index contributed by atoms with van der Waals surface area (Å²) in [6.07, 6.45) is 0. The van der Waals surface area contributed by atoms with Gasteiger partial charge in [-0.15, -0.1) is 0 Å². The van der Waals surface area contributed by atoms with Crippen LogP contribution in [0, 0.1) is 0 Å². The Bertz CT molecular complexity index is 19.2. The van der Waals surface area contributed by atoms with Crippen LogP contribution in [0.25, 0.3) is 0 Å². The average molecular weight is 258 g/mol. The van der Waals surface area contributed by atoms with Crippen LogP contribution in [0.15, 0.2) is 0 Å². The largest absolute Gasteiger partial charge is 4.00 e. The molecule has 0 aromatic heterocycles. The van der Waals surface area contributed by atoms with Crippen LogP contribution >= 0.6 is 0 Å². The molecule has 0 saturated heterocycles. The molecule has 8 heavy (non-hydrogen) atoms. The Morgan fingerprint density at radius 2 is 1.00 bits per heavy atom. The molecule has 2 N–H and O–H groups in total. The zero-order valence-corrected chi connectivity index (χ0v) is 8.24. The minimum Gasteiger partial charge on any atom is -1.00 e. The second-order valence-electron chi connectivity index (χ2n) is 0.326. The quantitative estimate of drug-likeness (QED) is 0.424. The first-order chi connectivity index (χ1) is 1.73. The van der Waals surface area contributed by atoms with Crippen molar-refractivity contribution in [3.8, 4) is 0 Å². The molecule has 8 heteroatoms. The Hall–Kier alpha value is 1.70. The summed E-state index contributed by atoms with van der Waals surface area (Å²) in [5.41, 5.74) is 0. The molecular weight excluding hydrogens is 256 g/mol. The molecule has 0 aromatic rings. The van der Waals surface area contributed by atoms with E-state index in [1.54, 1.807) is 0 Å². The molecule has 0 atom stereocenters. The van der Waals surface area contributed by atoms with E-state index in [0.29, 0.717) is 0 Å². The van der Waals surface area contributed by atoms with E-state index in [-0.39, 0.29) is 63.4 Å². The van der Waals surface area contributed by atoms with Crippen molar-refractivity contribution in [3.63, 3.8) is 0 Å². The fourth-order valence-electron chi connectivity index (χ4n) is 0. The van der Waals surface area contributed by atoms with Crippen LogP contribution in [0.1, 0.15) is 0 Å². The van der Waals surface area contributed by atoms with Gasteiger partial charge in [0.25, 0.3) is 0 Å². The maximum atomic E-state index is 8.64. The molecule has 0 aliphatic rings. The third-order valence-corrected chi connectivity index (χ3v) is 0. The van der Waals surface area contributed by atoms with Gasteiger partial charge in [-0.1, -0.05) is 0 Å². The van der Waals surface area contributed by atoms with Gasteiger partial charge in [0, 0.05) is 0 Å². The molecule has 0 radical (unpaired) electrons. The van der Waals surface area contributed by atoms with Gasteiger partial charge < -0.3 is 52.3 Å². The van der Waals surface area contributed by atoms with Gasteiger partial charge in [0.2, 0.25) is 0 Å². The summed E-state index contributed by atoms with van der Waals surface area (Å²) in [5.74, 6) is 0. The van der Waals surface area contributed by atoms with Gasteiger partial charge in [0.1, 0.15) is 0 Å². The first-order valence-corrected chi connectivity index (χ1v) is 0.752. The molecule has 0 rings (SSSR count). The Balaban J connectivity index is -0.00000000750. The molecule has 0 aliphatic carbocycles. The molecule has 0 fully saturated rings. The van der Waals surface area contributed by atoms with Crippen molar-refractivity contribution < 1.29 is 78.5 Å². The summed E-state index contributed by atoms with van der Waals surface area (Å²) in [4.78, 5) is 0. The van der Waals surface area contributed by atoms with Crippen LogP contribution in [-0.4, -0.2) is 17.4 Å². The van der Waals surface area contributed by atoms with E-state index in [1.165, 1.54) is 0 Å². The Morgan fingerprint density at radius 1 is 1.00 bits per heavy atom. The normalized spacial score (nSPS) is 3.38. The van der Waals surface area contributed by atoms with Crippen molar-refractivity contribution in [2.45, 2.75) is 0 Å². The van der Waals surface area contributed by atoms with Crippen molar-refractivity contribution in [1.82, 2.24) is 0 Å². The second-order valence-corrected chi connectivity index (χ2v) is 0.326. The minimum atomic E-state index is -2.42. The molecule has 0 bridgehead atoms. The first-order valence-electron chi connectivity index (χ1n) is 0.752. The average Bonchev–Trinajstić information content (AvgIpc) is 0.811. The maximum absolute atomic E-state index is 8.64. The van der Waals surface area contributed by atoms with E-state index in [1.807, 2.05) is 0 Å². The smallest absolute Gasteiger partial charge is 1.00 e. The summed E-state index contributed by atoms with van der Waals surface area (Å²) < 4.78 is 0. The SMILES string of the molecule is [Cl-].[Cl-].[Cl-].[O-]B(O)O.[Zr+4]. The Kier molecular flexibility index (Phi) is 97.0. The van der Waals surface area contributed by atoms with Crippen LogP contribution in [0.2, 0.25) is 0 Å². The van der Waals surface area contributed by atoms with Crippen molar-refractivity contribution in [3.05, 3.63) is 0 Å². The fraction of sp³-hybridized carbons (Fsp3) is 0. The van der Waals surface area contributed by atoms with Gasteiger partial charge in [-0.25, -0.2) is 0 Å². The number of hydrogen-bond acceptors (Lipinski definition) is 3. The molecule has 48 valence electrons. The molecule has 0 aromatic carbocycles. The summed E-state index contributed by atoms with van der Waals surface area (Å²) in [6.45, 7) is 0. The van der Waals surface area contributed by atoms with E-state index in [2.05, 4.69) is 0 Å². The molecule has 0 heterocycles. The zero-order chi connectivity index (χ0) is 3.58. The standard InChI is InChI=1S/BH2O3.3ClH.Zr/c2-1(3)4;;;;/h2-3H;3*1H;/q-1;;;;+4/p-3. The maximum Gasteiger partial charge on any atom is 4.00 e.